The highest BCUT2D eigenvalue weighted by molar-refractivity contribution is 9.10. The van der Waals surface area contributed by atoms with Gasteiger partial charge in [0.15, 0.2) is 44.3 Å². The summed E-state index contributed by atoms with van der Waals surface area (Å²) in [5.41, 5.74) is 4.85. The SMILES string of the molecule is CCS(=O)(=O)c1ccc(CNc2nc3cnc(-c4c(OC)ncnc4C4CC4)nc3n(C3(C)CC3)c2=O)cc1.COc1ncnc(C2CC2)c1Br.[B].[CH2+]CS(=O)(=O)c1ccc(CNc2nc3cnc(Cl)nc3n(C3(C)CC3)c2=O)cc1. The number of nitrogens with zero attached hydrogens (tertiary/aromatic N) is 12. The van der Waals surface area contributed by atoms with Gasteiger partial charge in [-0.1, -0.05) is 31.2 Å². The number of hydrogen-bond acceptors (Lipinski definition) is 20. The van der Waals surface area contributed by atoms with E-state index in [1.165, 1.54) is 37.5 Å². The molecule has 4 fully saturated rings. The van der Waals surface area contributed by atoms with Gasteiger partial charge in [0.05, 0.1) is 60.5 Å². The van der Waals surface area contributed by atoms with E-state index in [-0.39, 0.29) is 68.8 Å². The Bertz CT molecular complexity index is 4030. The van der Waals surface area contributed by atoms with Crippen molar-refractivity contribution in [2.45, 2.75) is 118 Å². The van der Waals surface area contributed by atoms with Crippen molar-refractivity contribution in [2.24, 2.45) is 0 Å². The van der Waals surface area contributed by atoms with Gasteiger partial charge >= 0.3 is 0 Å². The fourth-order valence-corrected chi connectivity index (χ4v) is 11.4. The molecule has 81 heavy (non-hydrogen) atoms. The third kappa shape index (κ3) is 12.5. The lowest BCUT2D eigenvalue weighted by atomic mass is 10.1. The van der Waals surface area contributed by atoms with E-state index in [1.807, 2.05) is 13.8 Å². The van der Waals surface area contributed by atoms with Gasteiger partial charge in [0.2, 0.25) is 26.9 Å². The van der Waals surface area contributed by atoms with Crippen LogP contribution >= 0.6 is 27.5 Å². The quantitative estimate of drug-likeness (QED) is 0.0500. The molecule has 0 atom stereocenters. The number of aromatic nitrogens is 12. The Hall–Kier alpha value is -7.16. The predicted molar refractivity (Wildman–Crippen MR) is 310 cm³/mol. The first-order chi connectivity index (χ1) is 38.3. The number of nitrogens with one attached hydrogen (secondary N) is 2. The smallest absolute Gasteiger partial charge is 0.295 e. The van der Waals surface area contributed by atoms with Crippen molar-refractivity contribution >= 4 is 89.6 Å². The molecule has 419 valence electrons. The van der Waals surface area contributed by atoms with Gasteiger partial charge in [-0.05, 0) is 128 Å². The molecular formula is C54H57BBrClN14O8S2+. The molecule has 3 radical (unpaired) electrons. The molecule has 4 saturated carbocycles. The molecule has 0 saturated heterocycles. The van der Waals surface area contributed by atoms with Crippen molar-refractivity contribution in [3.05, 3.63) is 133 Å². The first-order valence-electron chi connectivity index (χ1n) is 25.9. The Morgan fingerprint density at radius 2 is 1.11 bits per heavy atom. The van der Waals surface area contributed by atoms with Gasteiger partial charge < -0.3 is 20.1 Å². The van der Waals surface area contributed by atoms with Gasteiger partial charge in [-0.15, -0.1) is 0 Å². The molecule has 2 aromatic carbocycles. The van der Waals surface area contributed by atoms with Crippen LogP contribution in [0.15, 0.2) is 97.4 Å². The summed E-state index contributed by atoms with van der Waals surface area (Å²) in [6, 6.07) is 13.1. The zero-order valence-electron chi connectivity index (χ0n) is 45.1. The average Bonchev–Trinajstić information content (AvgIpc) is 4.43. The standard InChI is InChI=1S/C27H29N7O4S.C19H19ClN5O3S.C8H9BrN2O.B/c1-4-39(36,37)18-9-5-16(6-10-18)13-28-23-26(35)34(27(2)11-12-27)24-19(32-23)14-29-22(33-24)20-21(17-7-8-17)30-15-31-25(20)38-3;1-3-29(27,28)13-6-4-12(5-7-13)10-21-15-17(26)25(19(2)8-9-19)16-14(23-15)11-22-18(20)24-16;1-12-8-6(9)7(5-2-3-5)10-4-11-8;/h5-6,9-10,14-15,17H,4,7-8,11-13H2,1-3H3,(H,28,32);4-7,11H,1,3,8-10H2,2H3,(H,21,23);4-5H,2-3H2,1H3;/q;+1;;. The zero-order chi connectivity index (χ0) is 56.7. The first-order valence-corrected chi connectivity index (χ1v) is 30.4. The fourth-order valence-electron chi connectivity index (χ4n) is 8.95. The third-order valence-electron chi connectivity index (χ3n) is 14.5. The maximum absolute atomic E-state index is 13.7. The number of ether oxygens (including phenoxy) is 2. The number of sulfone groups is 2. The van der Waals surface area contributed by atoms with Gasteiger partial charge in [-0.3, -0.25) is 18.7 Å². The van der Waals surface area contributed by atoms with Gasteiger partial charge in [0.1, 0.15) is 33.7 Å². The van der Waals surface area contributed by atoms with Crippen LogP contribution in [0.25, 0.3) is 33.7 Å². The normalized spacial score (nSPS) is 15.7. The molecule has 0 unspecified atom stereocenters. The van der Waals surface area contributed by atoms with Crippen LogP contribution in [0.5, 0.6) is 11.8 Å². The van der Waals surface area contributed by atoms with E-state index >= 15 is 0 Å². The zero-order valence-corrected chi connectivity index (χ0v) is 49.0. The maximum atomic E-state index is 13.7. The Morgan fingerprint density at radius 3 is 1.58 bits per heavy atom. The number of benzene rings is 2. The van der Waals surface area contributed by atoms with Gasteiger partial charge in [0, 0.05) is 44.4 Å². The largest absolute Gasteiger partial charge is 0.480 e. The van der Waals surface area contributed by atoms with Crippen LogP contribution in [0.1, 0.15) is 106 Å². The van der Waals surface area contributed by atoms with E-state index in [0.717, 1.165) is 65.5 Å². The lowest BCUT2D eigenvalue weighted by Gasteiger charge is -2.18. The van der Waals surface area contributed by atoms with Crippen LogP contribution < -0.4 is 31.2 Å². The van der Waals surface area contributed by atoms with E-state index < -0.39 is 19.7 Å². The fraction of sp³-hybridized carbons (Fsp3) is 0.389. The first kappa shape index (κ1) is 58.5. The van der Waals surface area contributed by atoms with Crippen molar-refractivity contribution in [3.8, 4) is 23.1 Å². The summed E-state index contributed by atoms with van der Waals surface area (Å²) in [6.07, 6.45) is 14.2. The van der Waals surface area contributed by atoms with E-state index in [0.29, 0.717) is 70.4 Å². The van der Waals surface area contributed by atoms with Crippen LogP contribution in [0, 0.1) is 6.92 Å². The molecule has 27 heteroatoms. The van der Waals surface area contributed by atoms with Gasteiger partial charge in [-0.2, -0.15) is 4.98 Å². The molecule has 4 aliphatic carbocycles. The highest BCUT2D eigenvalue weighted by Gasteiger charge is 2.44. The molecule has 0 amide bonds. The summed E-state index contributed by atoms with van der Waals surface area (Å²) in [7, 11) is -3.46. The Morgan fingerprint density at radius 1 is 0.654 bits per heavy atom. The minimum atomic E-state index is -3.35. The number of fused-ring (bicyclic) bond motifs is 2. The molecule has 12 rings (SSSR count). The van der Waals surface area contributed by atoms with Crippen LogP contribution in [-0.4, -0.2) is 110 Å². The number of rotatable bonds is 17. The number of halogens is 2. The van der Waals surface area contributed by atoms with Crippen molar-refractivity contribution in [3.63, 3.8) is 0 Å². The van der Waals surface area contributed by atoms with Crippen molar-refractivity contribution in [2.75, 3.05) is 36.4 Å². The topological polar surface area (TPSA) is 284 Å². The molecule has 8 aromatic rings. The predicted octanol–water partition coefficient (Wildman–Crippen LogP) is 7.76. The van der Waals surface area contributed by atoms with Crippen LogP contribution in [0.2, 0.25) is 5.28 Å². The second-order valence-electron chi connectivity index (χ2n) is 20.4. The Balaban J connectivity index is 0.000000165. The minimum absolute atomic E-state index is 0. The van der Waals surface area contributed by atoms with E-state index in [1.54, 1.807) is 79.2 Å². The molecule has 0 spiro atoms. The van der Waals surface area contributed by atoms with E-state index in [2.05, 4.69) is 78.3 Å². The highest BCUT2D eigenvalue weighted by atomic mass is 79.9. The molecule has 0 aliphatic heterocycles. The second kappa shape index (κ2) is 23.4. The monoisotopic (exact) mass is 1220 g/mol. The average molecular weight is 1220 g/mol. The molecule has 22 nitrogen and oxygen atoms in total. The lowest BCUT2D eigenvalue weighted by molar-refractivity contribution is 0.392. The highest BCUT2D eigenvalue weighted by Crippen LogP contribution is 2.47. The van der Waals surface area contributed by atoms with Crippen molar-refractivity contribution < 1.29 is 26.3 Å². The summed E-state index contributed by atoms with van der Waals surface area (Å²) in [5, 5.41) is 6.26. The van der Waals surface area contributed by atoms with Gasteiger partial charge in [-0.25, -0.2) is 61.7 Å². The van der Waals surface area contributed by atoms with Crippen LogP contribution in [0.4, 0.5) is 11.6 Å². The van der Waals surface area contributed by atoms with E-state index in [9.17, 15) is 26.4 Å². The molecule has 6 heterocycles. The van der Waals surface area contributed by atoms with Crippen molar-refractivity contribution in [1.29, 1.82) is 0 Å². The Labute approximate surface area is 483 Å². The maximum Gasteiger partial charge on any atom is 0.295 e. The number of anilines is 2. The lowest BCUT2D eigenvalue weighted by Crippen LogP contribution is -2.32. The van der Waals surface area contributed by atoms with Crippen LogP contribution in [0.3, 0.4) is 0 Å². The summed E-state index contributed by atoms with van der Waals surface area (Å²) in [6.45, 7) is 9.70. The summed E-state index contributed by atoms with van der Waals surface area (Å²) < 4.78 is 62.8. The minimum Gasteiger partial charge on any atom is -0.480 e. The molecule has 4 aliphatic rings. The second-order valence-corrected chi connectivity index (χ2v) is 26.0. The van der Waals surface area contributed by atoms with E-state index in [4.69, 9.17) is 26.1 Å². The van der Waals surface area contributed by atoms with Gasteiger partial charge in [0.25, 0.3) is 11.1 Å². The molecule has 2 N–H and O–H groups in total. The summed E-state index contributed by atoms with van der Waals surface area (Å²) in [4.78, 5) is 70.8. The van der Waals surface area contributed by atoms with Crippen LogP contribution in [-0.2, 0) is 43.8 Å². The summed E-state index contributed by atoms with van der Waals surface area (Å²) >= 11 is 9.35. The number of methoxy groups -OCH3 is 2. The molecular weight excluding hydrogens is 1160 g/mol. The molecule has 6 aromatic heterocycles. The summed E-state index contributed by atoms with van der Waals surface area (Å²) in [5.74, 6) is 2.60. The Kier molecular flexibility index (Phi) is 16.9. The van der Waals surface area contributed by atoms with Crippen molar-refractivity contribution in [1.82, 2.24) is 59.0 Å². The third-order valence-corrected chi connectivity index (χ3v) is 18.7. The molecule has 0 bridgehead atoms. The number of hydrogen-bond donors (Lipinski definition) is 2.